The number of unbranched alkanes of at least 4 members (excludes halogenated alkanes) is 4. The summed E-state index contributed by atoms with van der Waals surface area (Å²) in [6.07, 6.45) is 5.66. The molecule has 0 radical (unpaired) electrons. The molecule has 3 aromatic carbocycles. The number of halogens is 1. The predicted octanol–water partition coefficient (Wildman–Crippen LogP) is 7.98. The number of rotatable bonds is 15. The first-order chi connectivity index (χ1) is 22.1. The van der Waals surface area contributed by atoms with E-state index < -0.39 is 11.5 Å². The summed E-state index contributed by atoms with van der Waals surface area (Å²) in [7, 11) is 1.78. The normalized spacial score (nSPS) is 12.5. The molecule has 0 saturated heterocycles. The number of fused-ring (bicyclic) bond motifs is 1. The Balaban J connectivity index is 2.16. The van der Waals surface area contributed by atoms with Gasteiger partial charge in [-0.15, -0.1) is 0 Å². The number of amides is 2. The first kappa shape index (κ1) is 34.4. The molecule has 1 unspecified atom stereocenters. The molecule has 0 spiro atoms. The van der Waals surface area contributed by atoms with Crippen molar-refractivity contribution < 1.29 is 23.5 Å². The van der Waals surface area contributed by atoms with E-state index in [0.717, 1.165) is 43.2 Å². The van der Waals surface area contributed by atoms with Crippen molar-refractivity contribution in [3.63, 3.8) is 0 Å². The van der Waals surface area contributed by atoms with Crippen LogP contribution >= 0.6 is 0 Å². The smallest absolute Gasteiger partial charge is 0.308 e. The van der Waals surface area contributed by atoms with Crippen molar-refractivity contribution >= 4 is 28.7 Å². The SMILES string of the molecule is CCCCCCC(NC(C)=O)(C(=O)N(C)CCCC)c1c(-c2ccc(F)cc2)n(Cc2ccccc2)c2ccc(OC(C)=O)cc12. The van der Waals surface area contributed by atoms with Crippen LogP contribution in [0.25, 0.3) is 22.2 Å². The molecule has 0 aliphatic rings. The van der Waals surface area contributed by atoms with E-state index in [1.807, 2.05) is 36.4 Å². The Labute approximate surface area is 271 Å². The van der Waals surface area contributed by atoms with Crippen molar-refractivity contribution in [3.05, 3.63) is 89.7 Å². The van der Waals surface area contributed by atoms with Crippen LogP contribution in [0.15, 0.2) is 72.8 Å². The van der Waals surface area contributed by atoms with Gasteiger partial charge in [0.2, 0.25) is 5.91 Å². The maximum atomic E-state index is 14.9. The van der Waals surface area contributed by atoms with Gasteiger partial charge in [-0.25, -0.2) is 4.39 Å². The van der Waals surface area contributed by atoms with E-state index in [2.05, 4.69) is 23.7 Å². The average molecular weight is 628 g/mol. The van der Waals surface area contributed by atoms with Crippen molar-refractivity contribution in [3.8, 4) is 17.0 Å². The minimum atomic E-state index is -1.46. The van der Waals surface area contributed by atoms with Gasteiger partial charge in [0, 0.05) is 50.5 Å². The highest BCUT2D eigenvalue weighted by Gasteiger charge is 2.47. The zero-order chi connectivity index (χ0) is 33.3. The Morgan fingerprint density at radius 1 is 0.891 bits per heavy atom. The molecule has 0 aliphatic heterocycles. The van der Waals surface area contributed by atoms with Gasteiger partial charge in [-0.3, -0.25) is 14.4 Å². The van der Waals surface area contributed by atoms with Crippen LogP contribution in [-0.2, 0) is 26.5 Å². The zero-order valence-electron chi connectivity index (χ0n) is 27.7. The van der Waals surface area contributed by atoms with Gasteiger partial charge in [0.1, 0.15) is 17.1 Å². The largest absolute Gasteiger partial charge is 0.427 e. The van der Waals surface area contributed by atoms with E-state index >= 15 is 0 Å². The predicted molar refractivity (Wildman–Crippen MR) is 181 cm³/mol. The molecule has 4 aromatic rings. The number of nitrogens with one attached hydrogen (secondary N) is 1. The molecule has 1 N–H and O–H groups in total. The molecule has 2 amide bonds. The summed E-state index contributed by atoms with van der Waals surface area (Å²) in [5.74, 6) is -1.06. The number of nitrogens with zero attached hydrogens (tertiary/aromatic N) is 2. The molecule has 0 fully saturated rings. The van der Waals surface area contributed by atoms with Crippen LogP contribution < -0.4 is 10.1 Å². The van der Waals surface area contributed by atoms with Crippen LogP contribution in [0.4, 0.5) is 4.39 Å². The maximum Gasteiger partial charge on any atom is 0.308 e. The fourth-order valence-corrected chi connectivity index (χ4v) is 6.29. The number of aromatic nitrogens is 1. The lowest BCUT2D eigenvalue weighted by Crippen LogP contribution is -2.56. The van der Waals surface area contributed by atoms with E-state index in [-0.39, 0.29) is 17.6 Å². The molecule has 7 nitrogen and oxygen atoms in total. The molecule has 0 aliphatic carbocycles. The minimum absolute atomic E-state index is 0.215. The minimum Gasteiger partial charge on any atom is -0.427 e. The second kappa shape index (κ2) is 15.7. The van der Waals surface area contributed by atoms with Crippen LogP contribution in [0.5, 0.6) is 5.75 Å². The molecule has 1 aromatic heterocycles. The first-order valence-electron chi connectivity index (χ1n) is 16.3. The van der Waals surface area contributed by atoms with Crippen molar-refractivity contribution in [1.82, 2.24) is 14.8 Å². The zero-order valence-corrected chi connectivity index (χ0v) is 27.7. The Hall–Kier alpha value is -4.46. The van der Waals surface area contributed by atoms with Crippen LogP contribution in [-0.4, -0.2) is 40.8 Å². The lowest BCUT2D eigenvalue weighted by atomic mass is 9.80. The highest BCUT2D eigenvalue weighted by molar-refractivity contribution is 6.03. The van der Waals surface area contributed by atoms with Gasteiger partial charge < -0.3 is 19.5 Å². The Morgan fingerprint density at radius 3 is 2.22 bits per heavy atom. The third kappa shape index (κ3) is 7.84. The van der Waals surface area contributed by atoms with Gasteiger partial charge in [-0.2, -0.15) is 0 Å². The third-order valence-corrected chi connectivity index (χ3v) is 8.38. The lowest BCUT2D eigenvalue weighted by molar-refractivity contribution is -0.141. The van der Waals surface area contributed by atoms with Gasteiger partial charge in [0.05, 0.1) is 5.69 Å². The molecular formula is C38H46FN3O4. The molecule has 0 bridgehead atoms. The van der Waals surface area contributed by atoms with Gasteiger partial charge in [0.25, 0.3) is 5.91 Å². The average Bonchev–Trinajstić information content (AvgIpc) is 3.34. The molecule has 4 rings (SSSR count). The van der Waals surface area contributed by atoms with E-state index in [0.29, 0.717) is 53.9 Å². The third-order valence-electron chi connectivity index (χ3n) is 8.38. The molecule has 244 valence electrons. The highest BCUT2D eigenvalue weighted by atomic mass is 19.1. The van der Waals surface area contributed by atoms with Gasteiger partial charge in [0.15, 0.2) is 0 Å². The lowest BCUT2D eigenvalue weighted by Gasteiger charge is -2.38. The van der Waals surface area contributed by atoms with E-state index in [4.69, 9.17) is 4.74 Å². The van der Waals surface area contributed by atoms with Gasteiger partial charge in [-0.1, -0.05) is 76.3 Å². The number of hydrogen-bond acceptors (Lipinski definition) is 4. The second-order valence-corrected chi connectivity index (χ2v) is 12.1. The number of carbonyl (C=O) groups is 3. The first-order valence-corrected chi connectivity index (χ1v) is 16.3. The van der Waals surface area contributed by atoms with Gasteiger partial charge >= 0.3 is 5.97 Å². The summed E-state index contributed by atoms with van der Waals surface area (Å²) in [5, 5.41) is 3.85. The van der Waals surface area contributed by atoms with Crippen molar-refractivity contribution in [2.24, 2.45) is 0 Å². The Kier molecular flexibility index (Phi) is 11.7. The number of carbonyl (C=O) groups excluding carboxylic acids is 3. The van der Waals surface area contributed by atoms with E-state index in [1.54, 1.807) is 36.2 Å². The Morgan fingerprint density at radius 2 is 1.59 bits per heavy atom. The molecule has 46 heavy (non-hydrogen) atoms. The summed E-state index contributed by atoms with van der Waals surface area (Å²) in [4.78, 5) is 41.9. The van der Waals surface area contributed by atoms with Crippen LogP contribution in [0, 0.1) is 5.82 Å². The van der Waals surface area contributed by atoms with Crippen LogP contribution in [0.2, 0.25) is 0 Å². The fraction of sp³-hybridized carbons (Fsp3) is 0.395. The molecule has 0 saturated carbocycles. The summed E-state index contributed by atoms with van der Waals surface area (Å²) >= 11 is 0. The number of ether oxygens (including phenoxy) is 1. The van der Waals surface area contributed by atoms with Crippen molar-refractivity contribution in [2.75, 3.05) is 13.6 Å². The van der Waals surface area contributed by atoms with Crippen molar-refractivity contribution in [1.29, 1.82) is 0 Å². The fourth-order valence-electron chi connectivity index (χ4n) is 6.29. The monoisotopic (exact) mass is 627 g/mol. The number of esters is 1. The number of likely N-dealkylation sites (N-methyl/N-ethyl adjacent to an activating group) is 1. The van der Waals surface area contributed by atoms with Crippen molar-refractivity contribution in [2.45, 2.75) is 84.7 Å². The quantitative estimate of drug-likeness (QED) is 0.0823. The van der Waals surface area contributed by atoms with E-state index in [9.17, 15) is 18.8 Å². The van der Waals surface area contributed by atoms with Gasteiger partial charge in [-0.05, 0) is 66.4 Å². The van der Waals surface area contributed by atoms with E-state index in [1.165, 1.54) is 26.0 Å². The molecular weight excluding hydrogens is 581 g/mol. The Bertz CT molecular complexity index is 1650. The second-order valence-electron chi connectivity index (χ2n) is 12.1. The molecule has 1 heterocycles. The molecule has 1 atom stereocenters. The summed E-state index contributed by atoms with van der Waals surface area (Å²) < 4.78 is 22.0. The number of hydrogen-bond donors (Lipinski definition) is 1. The van der Waals surface area contributed by atoms with Crippen LogP contribution in [0.3, 0.4) is 0 Å². The summed E-state index contributed by atoms with van der Waals surface area (Å²) in [6, 6.07) is 21.6. The highest BCUT2D eigenvalue weighted by Crippen LogP contribution is 2.45. The standard InChI is InChI=1S/C38H46FN3O4/c1-6-8-10-14-23-38(40-27(3)43,37(45)41(5)24-9-7-2)35-33-25-32(46-28(4)44)21-22-34(33)42(26-29-15-12-11-13-16-29)36(35)30-17-19-31(39)20-18-30/h11-13,15-22,25H,6-10,14,23-24,26H2,1-5H3,(H,40,43). The number of benzene rings is 3. The molecule has 8 heteroatoms. The summed E-state index contributed by atoms with van der Waals surface area (Å²) in [5.41, 5.74) is 2.37. The van der Waals surface area contributed by atoms with Crippen LogP contribution in [0.1, 0.15) is 83.8 Å². The summed E-state index contributed by atoms with van der Waals surface area (Å²) in [6.45, 7) is 7.96. The topological polar surface area (TPSA) is 80.6 Å². The maximum absolute atomic E-state index is 14.9.